The van der Waals surface area contributed by atoms with E-state index in [1.807, 2.05) is 0 Å². The number of benzene rings is 4. The highest BCUT2D eigenvalue weighted by Crippen LogP contribution is 2.35. The minimum Gasteiger partial charge on any atom is -0.399 e. The first-order valence-corrected chi connectivity index (χ1v) is 24.3. The summed E-state index contributed by atoms with van der Waals surface area (Å²) >= 11 is 0. The molecule has 318 valence electrons. The summed E-state index contributed by atoms with van der Waals surface area (Å²) in [6, 6.07) is 32.3. The molecule has 0 aliphatic rings. The first kappa shape index (κ1) is 47.2. The molecule has 0 amide bonds. The molecule has 0 saturated heterocycles. The minimum absolute atomic E-state index is 0.445. The lowest BCUT2D eigenvalue weighted by molar-refractivity contribution is 0.545. The summed E-state index contributed by atoms with van der Waals surface area (Å²) in [6.07, 6.45) is 34.6. The molecule has 0 aliphatic heterocycles. The van der Waals surface area contributed by atoms with E-state index in [-0.39, 0.29) is 0 Å². The van der Waals surface area contributed by atoms with E-state index < -0.39 is 0 Å². The van der Waals surface area contributed by atoms with Crippen molar-refractivity contribution in [2.24, 2.45) is 0 Å². The molecule has 0 aliphatic carbocycles. The highest BCUT2D eigenvalue weighted by molar-refractivity contribution is 5.49. The SMILES string of the molecule is CCCCCCCCCCCC(c1ccc(CCCCCCc2ccc(C(CCCCCCCCCCC)c3ccc(N)cc3C)cc2)cc1)c1ccc(N)cc1C. The van der Waals surface area contributed by atoms with Crippen LogP contribution >= 0.6 is 0 Å². The molecule has 0 radical (unpaired) electrons. The zero-order valence-electron chi connectivity index (χ0n) is 37.8. The van der Waals surface area contributed by atoms with Crippen molar-refractivity contribution >= 4 is 11.4 Å². The maximum Gasteiger partial charge on any atom is 0.0316 e. The maximum atomic E-state index is 6.16. The lowest BCUT2D eigenvalue weighted by atomic mass is 9.84. The average molecular weight is 785 g/mol. The summed E-state index contributed by atoms with van der Waals surface area (Å²) in [5, 5.41) is 0. The zero-order valence-corrected chi connectivity index (χ0v) is 37.8. The Morgan fingerprint density at radius 2 is 0.672 bits per heavy atom. The van der Waals surface area contributed by atoms with E-state index in [1.165, 1.54) is 211 Å². The van der Waals surface area contributed by atoms with Crippen LogP contribution < -0.4 is 11.5 Å². The number of hydrogen-bond acceptors (Lipinski definition) is 2. The summed E-state index contributed by atoms with van der Waals surface area (Å²) < 4.78 is 0. The fourth-order valence-corrected chi connectivity index (χ4v) is 9.35. The van der Waals surface area contributed by atoms with E-state index in [0.717, 1.165) is 11.4 Å². The third kappa shape index (κ3) is 17.4. The van der Waals surface area contributed by atoms with Gasteiger partial charge in [-0.25, -0.2) is 0 Å². The van der Waals surface area contributed by atoms with Crippen molar-refractivity contribution in [3.63, 3.8) is 0 Å². The van der Waals surface area contributed by atoms with Crippen LogP contribution in [0.4, 0.5) is 11.4 Å². The van der Waals surface area contributed by atoms with Gasteiger partial charge in [0.15, 0.2) is 0 Å². The van der Waals surface area contributed by atoms with Gasteiger partial charge in [-0.1, -0.05) is 203 Å². The van der Waals surface area contributed by atoms with Crippen LogP contribution in [0.5, 0.6) is 0 Å². The van der Waals surface area contributed by atoms with Crippen molar-refractivity contribution in [3.05, 3.63) is 129 Å². The summed E-state index contributed by atoms with van der Waals surface area (Å²) in [5.41, 5.74) is 25.5. The van der Waals surface area contributed by atoms with Crippen molar-refractivity contribution < 1.29 is 0 Å². The average Bonchev–Trinajstić information content (AvgIpc) is 3.22. The topological polar surface area (TPSA) is 52.0 Å². The number of nitrogens with two attached hydrogens (primary N) is 2. The largest absolute Gasteiger partial charge is 0.399 e. The number of aryl methyl sites for hydroxylation is 4. The predicted octanol–water partition coefficient (Wildman–Crippen LogP) is 16.9. The second kappa shape index (κ2) is 28.0. The van der Waals surface area contributed by atoms with Gasteiger partial charge in [0.2, 0.25) is 0 Å². The smallest absolute Gasteiger partial charge is 0.0316 e. The molecule has 2 atom stereocenters. The number of unbranched alkanes of at least 4 members (excludes halogenated alkanes) is 19. The summed E-state index contributed by atoms with van der Waals surface area (Å²) in [7, 11) is 0. The highest BCUT2D eigenvalue weighted by atomic mass is 14.5. The quantitative estimate of drug-likeness (QED) is 0.0394. The third-order valence-electron chi connectivity index (χ3n) is 13.0. The van der Waals surface area contributed by atoms with Gasteiger partial charge < -0.3 is 11.5 Å². The van der Waals surface area contributed by atoms with Gasteiger partial charge in [0.05, 0.1) is 0 Å². The summed E-state index contributed by atoms with van der Waals surface area (Å²) in [6.45, 7) is 9.07. The minimum atomic E-state index is 0.445. The van der Waals surface area contributed by atoms with E-state index in [1.54, 1.807) is 0 Å². The highest BCUT2D eigenvalue weighted by Gasteiger charge is 2.18. The van der Waals surface area contributed by atoms with Crippen LogP contribution in [0.1, 0.15) is 224 Å². The molecule has 0 aromatic heterocycles. The van der Waals surface area contributed by atoms with Crippen LogP contribution in [-0.2, 0) is 12.8 Å². The fourth-order valence-electron chi connectivity index (χ4n) is 9.35. The molecular formula is C56H84N2. The van der Waals surface area contributed by atoms with E-state index in [0.29, 0.717) is 11.8 Å². The van der Waals surface area contributed by atoms with E-state index >= 15 is 0 Å². The van der Waals surface area contributed by atoms with Gasteiger partial charge in [-0.15, -0.1) is 0 Å². The lowest BCUT2D eigenvalue weighted by Gasteiger charge is -2.21. The van der Waals surface area contributed by atoms with Gasteiger partial charge in [-0.2, -0.15) is 0 Å². The third-order valence-corrected chi connectivity index (χ3v) is 13.0. The standard InChI is InChI=1S/C56H84N2/c1-5-7-9-11-13-15-17-19-25-29-55(53-41-39-51(57)43-45(53)3)49-35-31-47(32-36-49)27-23-21-22-24-28-48-33-37-50(38-34-48)56(54-42-40-52(58)44-46(54)4)30-26-20-18-16-14-12-10-8-6-2/h31-44,55-56H,5-30,57-58H2,1-4H3. The lowest BCUT2D eigenvalue weighted by Crippen LogP contribution is -2.05. The van der Waals surface area contributed by atoms with Crippen LogP contribution in [-0.4, -0.2) is 0 Å². The Kier molecular flexibility index (Phi) is 22.8. The summed E-state index contributed by atoms with van der Waals surface area (Å²) in [4.78, 5) is 0. The van der Waals surface area contributed by atoms with Crippen LogP contribution in [0.2, 0.25) is 0 Å². The number of anilines is 2. The molecule has 4 aromatic carbocycles. The van der Waals surface area contributed by atoms with Crippen LogP contribution in [0.3, 0.4) is 0 Å². The maximum absolute atomic E-state index is 6.16. The van der Waals surface area contributed by atoms with Crippen LogP contribution in [0, 0.1) is 13.8 Å². The second-order valence-electron chi connectivity index (χ2n) is 18.0. The van der Waals surface area contributed by atoms with E-state index in [4.69, 9.17) is 11.5 Å². The number of rotatable bonds is 31. The van der Waals surface area contributed by atoms with Gasteiger partial charge >= 0.3 is 0 Å². The first-order valence-electron chi connectivity index (χ1n) is 24.3. The summed E-state index contributed by atoms with van der Waals surface area (Å²) in [5.74, 6) is 0.890. The predicted molar refractivity (Wildman–Crippen MR) is 257 cm³/mol. The normalized spacial score (nSPS) is 12.6. The molecule has 0 spiro atoms. The van der Waals surface area contributed by atoms with Crippen molar-refractivity contribution in [3.8, 4) is 0 Å². The first-order chi connectivity index (χ1) is 28.4. The Labute approximate surface area is 357 Å². The van der Waals surface area contributed by atoms with Crippen molar-refractivity contribution in [2.75, 3.05) is 11.5 Å². The molecule has 0 heterocycles. The van der Waals surface area contributed by atoms with E-state index in [9.17, 15) is 0 Å². The van der Waals surface area contributed by atoms with Crippen LogP contribution in [0.15, 0.2) is 84.9 Å². The Hall–Kier alpha value is -3.52. The van der Waals surface area contributed by atoms with E-state index in [2.05, 4.69) is 113 Å². The Balaban J connectivity index is 1.20. The molecule has 2 unspecified atom stereocenters. The molecular weight excluding hydrogens is 701 g/mol. The zero-order chi connectivity index (χ0) is 41.2. The molecule has 2 heteroatoms. The van der Waals surface area contributed by atoms with Gasteiger partial charge in [0.25, 0.3) is 0 Å². The van der Waals surface area contributed by atoms with Gasteiger partial charge in [-0.3, -0.25) is 0 Å². The van der Waals surface area contributed by atoms with Gasteiger partial charge in [0, 0.05) is 23.2 Å². The monoisotopic (exact) mass is 785 g/mol. The van der Waals surface area contributed by atoms with Crippen molar-refractivity contribution in [2.45, 2.75) is 206 Å². The van der Waals surface area contributed by atoms with Crippen LogP contribution in [0.25, 0.3) is 0 Å². The van der Waals surface area contributed by atoms with Gasteiger partial charge in [-0.05, 0) is 121 Å². The Morgan fingerprint density at radius 1 is 0.362 bits per heavy atom. The molecule has 4 aromatic rings. The van der Waals surface area contributed by atoms with Crippen molar-refractivity contribution in [1.82, 2.24) is 0 Å². The number of nitrogen functional groups attached to an aromatic ring is 2. The van der Waals surface area contributed by atoms with Gasteiger partial charge in [0.1, 0.15) is 0 Å². The molecule has 58 heavy (non-hydrogen) atoms. The molecule has 4 N–H and O–H groups in total. The molecule has 4 rings (SSSR count). The molecule has 0 bridgehead atoms. The number of hydrogen-bond donors (Lipinski definition) is 2. The molecule has 2 nitrogen and oxygen atoms in total. The molecule has 0 fully saturated rings. The van der Waals surface area contributed by atoms with Crippen molar-refractivity contribution in [1.29, 1.82) is 0 Å². The second-order valence-corrected chi connectivity index (χ2v) is 18.0. The Morgan fingerprint density at radius 3 is 1.00 bits per heavy atom. The fraction of sp³-hybridized carbons (Fsp3) is 0.571. The molecule has 0 saturated carbocycles. The Bertz CT molecular complexity index is 1530.